The summed E-state index contributed by atoms with van der Waals surface area (Å²) < 4.78 is 5.40. The number of hydrogen-bond acceptors (Lipinski definition) is 4. The van der Waals surface area contributed by atoms with E-state index in [9.17, 15) is 0 Å². The average molecular weight is 362 g/mol. The van der Waals surface area contributed by atoms with Gasteiger partial charge >= 0.3 is 0 Å². The fourth-order valence-electron chi connectivity index (χ4n) is 3.20. The summed E-state index contributed by atoms with van der Waals surface area (Å²) in [5.41, 5.74) is 2.43. The van der Waals surface area contributed by atoms with Crippen molar-refractivity contribution in [1.29, 1.82) is 0 Å². The molecular weight excluding hydrogens is 326 g/mol. The number of benzene rings is 1. The lowest BCUT2D eigenvalue weighted by Crippen LogP contribution is -2.52. The standard InChI is InChI=1S/C20H35N5O/c1-16-6-7-18(14-19(16)26-5)8-9-22-20(21-3)23-15-17(2)25-12-10-24(4)11-13-25/h6-7,14,17H,8-13,15H2,1-5H3,(H2,21,22,23). The zero-order chi connectivity index (χ0) is 18.9. The van der Waals surface area contributed by atoms with Crippen LogP contribution in [0.15, 0.2) is 23.2 Å². The minimum atomic E-state index is 0.503. The molecule has 2 N–H and O–H groups in total. The first-order valence-corrected chi connectivity index (χ1v) is 9.54. The van der Waals surface area contributed by atoms with Crippen molar-refractivity contribution in [2.24, 2.45) is 4.99 Å². The zero-order valence-electron chi connectivity index (χ0n) is 17.0. The highest BCUT2D eigenvalue weighted by atomic mass is 16.5. The molecule has 2 rings (SSSR count). The first kappa shape index (κ1) is 20.5. The minimum absolute atomic E-state index is 0.503. The zero-order valence-corrected chi connectivity index (χ0v) is 17.0. The SMILES string of the molecule is CN=C(NCCc1ccc(C)c(OC)c1)NCC(C)N1CCN(C)CC1. The Bertz CT molecular complexity index is 582. The highest BCUT2D eigenvalue weighted by Gasteiger charge is 2.18. The van der Waals surface area contributed by atoms with Crippen LogP contribution in [0, 0.1) is 6.92 Å². The molecule has 0 aliphatic carbocycles. The van der Waals surface area contributed by atoms with E-state index < -0.39 is 0 Å². The summed E-state index contributed by atoms with van der Waals surface area (Å²) in [6.45, 7) is 10.7. The van der Waals surface area contributed by atoms with Crippen molar-refractivity contribution in [2.75, 3.05) is 60.5 Å². The molecule has 1 aromatic rings. The van der Waals surface area contributed by atoms with E-state index >= 15 is 0 Å². The van der Waals surface area contributed by atoms with E-state index in [-0.39, 0.29) is 0 Å². The van der Waals surface area contributed by atoms with Gasteiger partial charge in [-0.25, -0.2) is 0 Å². The Morgan fingerprint density at radius 1 is 1.23 bits per heavy atom. The first-order chi connectivity index (χ1) is 12.5. The maximum atomic E-state index is 5.40. The Labute approximate surface area is 158 Å². The van der Waals surface area contributed by atoms with E-state index in [0.29, 0.717) is 6.04 Å². The normalized spacial score (nSPS) is 17.8. The van der Waals surface area contributed by atoms with Crippen molar-refractivity contribution in [2.45, 2.75) is 26.3 Å². The molecule has 1 aliphatic heterocycles. The second-order valence-corrected chi connectivity index (χ2v) is 7.12. The number of aliphatic imine (C=N–C) groups is 1. The number of methoxy groups -OCH3 is 1. The summed E-state index contributed by atoms with van der Waals surface area (Å²) in [6.07, 6.45) is 0.936. The molecule has 0 amide bonds. The topological polar surface area (TPSA) is 52.1 Å². The molecule has 1 saturated heterocycles. The lowest BCUT2D eigenvalue weighted by Gasteiger charge is -2.36. The first-order valence-electron chi connectivity index (χ1n) is 9.54. The summed E-state index contributed by atoms with van der Waals surface area (Å²) in [5.74, 6) is 1.82. The third kappa shape index (κ3) is 6.18. The van der Waals surface area contributed by atoms with Crippen LogP contribution in [0.5, 0.6) is 5.75 Å². The second-order valence-electron chi connectivity index (χ2n) is 7.12. The largest absolute Gasteiger partial charge is 0.496 e. The number of hydrogen-bond donors (Lipinski definition) is 2. The number of nitrogens with one attached hydrogen (secondary N) is 2. The van der Waals surface area contributed by atoms with Crippen LogP contribution in [0.1, 0.15) is 18.1 Å². The van der Waals surface area contributed by atoms with E-state index in [2.05, 4.69) is 64.5 Å². The number of aryl methyl sites for hydroxylation is 1. The molecule has 0 radical (unpaired) electrons. The average Bonchev–Trinajstić information content (AvgIpc) is 2.66. The van der Waals surface area contributed by atoms with Gasteiger partial charge in [0.1, 0.15) is 5.75 Å². The van der Waals surface area contributed by atoms with Crippen molar-refractivity contribution in [3.05, 3.63) is 29.3 Å². The Morgan fingerprint density at radius 2 is 1.96 bits per heavy atom. The van der Waals surface area contributed by atoms with Gasteiger partial charge in [-0.1, -0.05) is 12.1 Å². The molecule has 0 spiro atoms. The molecule has 1 fully saturated rings. The van der Waals surface area contributed by atoms with Gasteiger partial charge in [0, 0.05) is 52.4 Å². The predicted octanol–water partition coefficient (Wildman–Crippen LogP) is 1.35. The fraction of sp³-hybridized carbons (Fsp3) is 0.650. The number of likely N-dealkylation sites (N-methyl/N-ethyl adjacent to an activating group) is 1. The van der Waals surface area contributed by atoms with Crippen LogP contribution in [-0.2, 0) is 6.42 Å². The van der Waals surface area contributed by atoms with Gasteiger partial charge in [-0.05, 0) is 44.5 Å². The Hall–Kier alpha value is -1.79. The number of guanidine groups is 1. The maximum Gasteiger partial charge on any atom is 0.191 e. The van der Waals surface area contributed by atoms with Crippen molar-refractivity contribution < 1.29 is 4.74 Å². The molecule has 0 saturated carbocycles. The molecular formula is C20H35N5O. The van der Waals surface area contributed by atoms with Crippen LogP contribution in [0.4, 0.5) is 0 Å². The quantitative estimate of drug-likeness (QED) is 0.567. The molecule has 0 aromatic heterocycles. The summed E-state index contributed by atoms with van der Waals surface area (Å²) in [7, 11) is 5.73. The third-order valence-electron chi connectivity index (χ3n) is 5.13. The Kier molecular flexibility index (Phi) is 8.19. The van der Waals surface area contributed by atoms with Gasteiger partial charge in [0.25, 0.3) is 0 Å². The predicted molar refractivity (Wildman–Crippen MR) is 109 cm³/mol. The monoisotopic (exact) mass is 361 g/mol. The van der Waals surface area contributed by atoms with Gasteiger partial charge in [-0.3, -0.25) is 9.89 Å². The summed E-state index contributed by atoms with van der Waals surface area (Å²) >= 11 is 0. The summed E-state index contributed by atoms with van der Waals surface area (Å²) in [5, 5.41) is 6.86. The van der Waals surface area contributed by atoms with Crippen LogP contribution in [0.2, 0.25) is 0 Å². The van der Waals surface area contributed by atoms with E-state index in [1.807, 2.05) is 7.05 Å². The molecule has 6 nitrogen and oxygen atoms in total. The third-order valence-corrected chi connectivity index (χ3v) is 5.13. The van der Waals surface area contributed by atoms with Crippen molar-refractivity contribution in [3.8, 4) is 5.75 Å². The molecule has 1 atom stereocenters. The molecule has 6 heteroatoms. The second kappa shape index (κ2) is 10.4. The Morgan fingerprint density at radius 3 is 2.62 bits per heavy atom. The molecule has 1 aliphatic rings. The van der Waals surface area contributed by atoms with Gasteiger partial charge in [0.15, 0.2) is 5.96 Å². The van der Waals surface area contributed by atoms with Crippen molar-refractivity contribution in [1.82, 2.24) is 20.4 Å². The highest BCUT2D eigenvalue weighted by molar-refractivity contribution is 5.79. The molecule has 1 unspecified atom stereocenters. The molecule has 0 bridgehead atoms. The number of ether oxygens (including phenoxy) is 1. The van der Waals surface area contributed by atoms with Gasteiger partial charge < -0.3 is 20.3 Å². The van der Waals surface area contributed by atoms with Crippen LogP contribution >= 0.6 is 0 Å². The lowest BCUT2D eigenvalue weighted by molar-refractivity contribution is 0.120. The highest BCUT2D eigenvalue weighted by Crippen LogP contribution is 2.18. The summed E-state index contributed by atoms with van der Waals surface area (Å²) in [4.78, 5) is 9.27. The van der Waals surface area contributed by atoms with Crippen LogP contribution in [0.3, 0.4) is 0 Å². The number of nitrogens with zero attached hydrogens (tertiary/aromatic N) is 3. The van der Waals surface area contributed by atoms with Crippen molar-refractivity contribution in [3.63, 3.8) is 0 Å². The Balaban J connectivity index is 1.72. The fourth-order valence-corrected chi connectivity index (χ4v) is 3.20. The van der Waals surface area contributed by atoms with E-state index in [0.717, 1.165) is 57.4 Å². The molecule has 146 valence electrons. The van der Waals surface area contributed by atoms with E-state index in [1.54, 1.807) is 7.11 Å². The lowest BCUT2D eigenvalue weighted by atomic mass is 10.1. The van der Waals surface area contributed by atoms with E-state index in [4.69, 9.17) is 4.74 Å². The molecule has 1 heterocycles. The van der Waals surface area contributed by atoms with Crippen LogP contribution in [-0.4, -0.2) is 82.3 Å². The van der Waals surface area contributed by atoms with Crippen LogP contribution in [0.25, 0.3) is 0 Å². The van der Waals surface area contributed by atoms with Gasteiger partial charge in [-0.2, -0.15) is 0 Å². The van der Waals surface area contributed by atoms with Crippen LogP contribution < -0.4 is 15.4 Å². The summed E-state index contributed by atoms with van der Waals surface area (Å²) in [6, 6.07) is 6.89. The maximum absolute atomic E-state index is 5.40. The van der Waals surface area contributed by atoms with Gasteiger partial charge in [0.2, 0.25) is 0 Å². The van der Waals surface area contributed by atoms with Gasteiger partial charge in [0.05, 0.1) is 7.11 Å². The van der Waals surface area contributed by atoms with E-state index in [1.165, 1.54) is 11.1 Å². The van der Waals surface area contributed by atoms with Gasteiger partial charge in [-0.15, -0.1) is 0 Å². The molecule has 1 aromatic carbocycles. The minimum Gasteiger partial charge on any atom is -0.496 e. The smallest absolute Gasteiger partial charge is 0.191 e. The molecule has 26 heavy (non-hydrogen) atoms. The van der Waals surface area contributed by atoms with Crippen molar-refractivity contribution >= 4 is 5.96 Å². The number of rotatable bonds is 7. The number of piperazine rings is 1.